The Kier molecular flexibility index (Phi) is 6.03. The van der Waals surface area contributed by atoms with Crippen LogP contribution in [-0.4, -0.2) is 72.6 Å². The van der Waals surface area contributed by atoms with Gasteiger partial charge in [-0.15, -0.1) is 0 Å². The van der Waals surface area contributed by atoms with E-state index in [1.807, 2.05) is 4.90 Å². The summed E-state index contributed by atoms with van der Waals surface area (Å²) in [5.41, 5.74) is 3.00. The van der Waals surface area contributed by atoms with Crippen molar-refractivity contribution < 1.29 is 17.8 Å². The van der Waals surface area contributed by atoms with Crippen LogP contribution in [0.1, 0.15) is 25.3 Å². The molecular weight excluding hydrogens is 454 g/mol. The molecule has 0 radical (unpaired) electrons. The second-order valence-electron chi connectivity index (χ2n) is 9.25. The zero-order valence-electron chi connectivity index (χ0n) is 19.4. The van der Waals surface area contributed by atoms with Crippen molar-refractivity contribution in [3.63, 3.8) is 0 Å². The Morgan fingerprint density at radius 1 is 1.03 bits per heavy atom. The Morgan fingerprint density at radius 2 is 1.82 bits per heavy atom. The average Bonchev–Trinajstić information content (AvgIpc) is 3.33. The minimum absolute atomic E-state index is 0.0385. The fourth-order valence-corrected chi connectivity index (χ4v) is 6.69. The number of anilines is 1. The van der Waals surface area contributed by atoms with E-state index in [2.05, 4.69) is 53.3 Å². The zero-order valence-corrected chi connectivity index (χ0v) is 20.2. The highest BCUT2D eigenvalue weighted by Crippen LogP contribution is 2.29. The maximum absolute atomic E-state index is 13.4. The van der Waals surface area contributed by atoms with Crippen molar-refractivity contribution in [2.45, 2.75) is 37.6 Å². The molecule has 2 fully saturated rings. The van der Waals surface area contributed by atoms with E-state index in [9.17, 15) is 13.2 Å². The Hall–Kier alpha value is -2.98. The standard InChI is InChI=1S/C24H29N5O4S/c1-17-8-10-20(11-9-17)29-14-13-27(15-18(29)2)24(30)19-5-4-12-28(16-19)34(31,32)22-7-3-6-21-23(22)26-33-25-21/h3,6-11,18-19H,4-5,12-16H2,1-2H3/t18-,19+/m0/s1. The summed E-state index contributed by atoms with van der Waals surface area (Å²) in [4.78, 5) is 17.7. The lowest BCUT2D eigenvalue weighted by Gasteiger charge is -2.43. The first-order valence-electron chi connectivity index (χ1n) is 11.7. The first-order chi connectivity index (χ1) is 16.3. The van der Waals surface area contributed by atoms with Crippen molar-refractivity contribution in [2.75, 3.05) is 37.6 Å². The third-order valence-electron chi connectivity index (χ3n) is 6.90. The van der Waals surface area contributed by atoms with Crippen molar-refractivity contribution in [2.24, 2.45) is 5.92 Å². The maximum atomic E-state index is 13.4. The fourth-order valence-electron chi connectivity index (χ4n) is 5.03. The number of aromatic nitrogens is 2. The number of hydrogen-bond donors (Lipinski definition) is 0. The topological polar surface area (TPSA) is 99.8 Å². The monoisotopic (exact) mass is 483 g/mol. The summed E-state index contributed by atoms with van der Waals surface area (Å²) in [6.45, 7) is 6.76. The normalized spacial score (nSPS) is 22.3. The van der Waals surface area contributed by atoms with E-state index in [1.165, 1.54) is 15.9 Å². The van der Waals surface area contributed by atoms with Crippen LogP contribution in [0.15, 0.2) is 52.0 Å². The predicted molar refractivity (Wildman–Crippen MR) is 128 cm³/mol. The molecule has 180 valence electrons. The second-order valence-corrected chi connectivity index (χ2v) is 11.2. The molecule has 3 aromatic rings. The number of piperidine rings is 1. The van der Waals surface area contributed by atoms with Gasteiger partial charge in [0.15, 0.2) is 5.52 Å². The average molecular weight is 484 g/mol. The molecule has 0 N–H and O–H groups in total. The molecule has 2 aliphatic heterocycles. The van der Waals surface area contributed by atoms with Gasteiger partial charge in [-0.05, 0) is 61.3 Å². The number of hydrogen-bond acceptors (Lipinski definition) is 7. The van der Waals surface area contributed by atoms with Crippen LogP contribution in [0.5, 0.6) is 0 Å². The molecule has 2 aliphatic rings. The number of piperazine rings is 1. The molecule has 0 spiro atoms. The number of nitrogens with zero attached hydrogens (tertiary/aromatic N) is 5. The Bertz CT molecular complexity index is 1290. The SMILES string of the molecule is Cc1ccc(N2CCN(C(=O)[C@@H]3CCCN(S(=O)(=O)c4cccc5nonc45)C3)C[C@@H]2C)cc1. The smallest absolute Gasteiger partial charge is 0.245 e. The Balaban J connectivity index is 1.28. The van der Waals surface area contributed by atoms with E-state index in [0.29, 0.717) is 38.0 Å². The maximum Gasteiger partial charge on any atom is 0.245 e. The molecule has 3 heterocycles. The molecule has 34 heavy (non-hydrogen) atoms. The lowest BCUT2D eigenvalue weighted by Crippen LogP contribution is -2.56. The van der Waals surface area contributed by atoms with Gasteiger partial charge in [0.2, 0.25) is 15.9 Å². The van der Waals surface area contributed by atoms with Crippen LogP contribution < -0.4 is 4.90 Å². The lowest BCUT2D eigenvalue weighted by molar-refractivity contribution is -0.137. The van der Waals surface area contributed by atoms with Crippen molar-refractivity contribution in [1.29, 1.82) is 0 Å². The number of amides is 1. The Labute approximate surface area is 199 Å². The van der Waals surface area contributed by atoms with Crippen LogP contribution in [0.25, 0.3) is 11.0 Å². The largest absolute Gasteiger partial charge is 0.365 e. The van der Waals surface area contributed by atoms with Crippen LogP contribution in [0.2, 0.25) is 0 Å². The van der Waals surface area contributed by atoms with Gasteiger partial charge in [-0.2, -0.15) is 4.31 Å². The van der Waals surface area contributed by atoms with Crippen molar-refractivity contribution in [1.82, 2.24) is 19.5 Å². The quantitative estimate of drug-likeness (QED) is 0.562. The van der Waals surface area contributed by atoms with Gasteiger partial charge < -0.3 is 9.80 Å². The molecule has 2 aromatic carbocycles. The molecule has 0 bridgehead atoms. The minimum atomic E-state index is -3.82. The molecule has 10 heteroatoms. The first kappa shape index (κ1) is 22.8. The second kappa shape index (κ2) is 8.99. The van der Waals surface area contributed by atoms with Gasteiger partial charge in [0.25, 0.3) is 0 Å². The molecule has 0 unspecified atom stereocenters. The third-order valence-corrected chi connectivity index (χ3v) is 8.80. The highest BCUT2D eigenvalue weighted by atomic mass is 32.2. The molecule has 1 aromatic heterocycles. The van der Waals surface area contributed by atoms with Gasteiger partial charge in [0.05, 0.1) is 5.92 Å². The van der Waals surface area contributed by atoms with Crippen LogP contribution in [0.4, 0.5) is 5.69 Å². The number of benzene rings is 2. The van der Waals surface area contributed by atoms with Gasteiger partial charge in [0.1, 0.15) is 10.4 Å². The summed E-state index contributed by atoms with van der Waals surface area (Å²) >= 11 is 0. The molecule has 0 aliphatic carbocycles. The van der Waals surface area contributed by atoms with Crippen LogP contribution in [0.3, 0.4) is 0 Å². The number of sulfonamides is 1. The molecular formula is C24H29N5O4S. The van der Waals surface area contributed by atoms with Gasteiger partial charge in [0, 0.05) is 44.5 Å². The van der Waals surface area contributed by atoms with E-state index in [1.54, 1.807) is 12.1 Å². The van der Waals surface area contributed by atoms with E-state index >= 15 is 0 Å². The third kappa shape index (κ3) is 4.16. The first-order valence-corrected chi connectivity index (χ1v) is 13.1. The van der Waals surface area contributed by atoms with E-state index < -0.39 is 10.0 Å². The summed E-state index contributed by atoms with van der Waals surface area (Å²) in [5.74, 6) is -0.312. The molecule has 1 amide bonds. The van der Waals surface area contributed by atoms with E-state index in [0.717, 1.165) is 12.2 Å². The van der Waals surface area contributed by atoms with Crippen molar-refractivity contribution >= 4 is 32.7 Å². The predicted octanol–water partition coefficient (Wildman–Crippen LogP) is 2.67. The number of fused-ring (bicyclic) bond motifs is 1. The highest BCUT2D eigenvalue weighted by Gasteiger charge is 2.37. The molecule has 0 saturated carbocycles. The highest BCUT2D eigenvalue weighted by molar-refractivity contribution is 7.89. The number of aryl methyl sites for hydroxylation is 1. The molecule has 2 saturated heterocycles. The molecule has 2 atom stereocenters. The summed E-state index contributed by atoms with van der Waals surface area (Å²) in [6, 6.07) is 13.4. The Morgan fingerprint density at radius 3 is 2.59 bits per heavy atom. The summed E-state index contributed by atoms with van der Waals surface area (Å²) in [5, 5.41) is 7.53. The summed E-state index contributed by atoms with van der Waals surface area (Å²) in [7, 11) is -3.82. The van der Waals surface area contributed by atoms with Gasteiger partial charge in [-0.1, -0.05) is 23.8 Å². The number of rotatable bonds is 4. The van der Waals surface area contributed by atoms with Crippen molar-refractivity contribution in [3.05, 3.63) is 48.0 Å². The van der Waals surface area contributed by atoms with Gasteiger partial charge >= 0.3 is 0 Å². The van der Waals surface area contributed by atoms with Crippen LogP contribution >= 0.6 is 0 Å². The van der Waals surface area contributed by atoms with Crippen molar-refractivity contribution in [3.8, 4) is 0 Å². The van der Waals surface area contributed by atoms with E-state index in [4.69, 9.17) is 4.63 Å². The lowest BCUT2D eigenvalue weighted by atomic mass is 9.97. The summed E-state index contributed by atoms with van der Waals surface area (Å²) < 4.78 is 33.0. The molecule has 9 nitrogen and oxygen atoms in total. The van der Waals surface area contributed by atoms with Crippen LogP contribution in [-0.2, 0) is 14.8 Å². The molecule has 5 rings (SSSR count). The fraction of sp³-hybridized carbons (Fsp3) is 0.458. The summed E-state index contributed by atoms with van der Waals surface area (Å²) in [6.07, 6.45) is 1.33. The number of carbonyl (C=O) groups is 1. The number of carbonyl (C=O) groups excluding carboxylic acids is 1. The van der Waals surface area contributed by atoms with Gasteiger partial charge in [-0.25, -0.2) is 13.0 Å². The zero-order chi connectivity index (χ0) is 23.9. The van der Waals surface area contributed by atoms with Gasteiger partial charge in [-0.3, -0.25) is 4.79 Å². The minimum Gasteiger partial charge on any atom is -0.365 e. The van der Waals surface area contributed by atoms with Crippen LogP contribution in [0, 0.1) is 12.8 Å². The van der Waals surface area contributed by atoms with E-state index in [-0.39, 0.29) is 34.8 Å².